The molecule has 164 valence electrons. The molecule has 0 fully saturated rings. The predicted octanol–water partition coefficient (Wildman–Crippen LogP) is 1.80. The minimum absolute atomic E-state index is 0.0723. The first-order valence-electron chi connectivity index (χ1n) is 10.7. The van der Waals surface area contributed by atoms with E-state index in [1.807, 2.05) is 54.2 Å². The van der Waals surface area contributed by atoms with Gasteiger partial charge in [-0.25, -0.2) is 0 Å². The molecule has 1 aromatic heterocycles. The number of anilines is 2. The van der Waals surface area contributed by atoms with E-state index in [0.717, 1.165) is 34.1 Å². The molecule has 0 saturated heterocycles. The molecule has 0 unspecified atom stereocenters. The molecule has 2 aromatic carbocycles. The average Bonchev–Trinajstić information content (AvgIpc) is 3.38. The molecule has 3 aromatic rings. The molecule has 3 heterocycles. The molecule has 32 heavy (non-hydrogen) atoms. The number of rotatable bonds is 4. The lowest BCUT2D eigenvalue weighted by molar-refractivity contribution is -0.136. The van der Waals surface area contributed by atoms with Gasteiger partial charge in [-0.1, -0.05) is 6.07 Å². The molecule has 1 atom stereocenters. The molecule has 0 radical (unpaired) electrons. The number of nitrogens with zero attached hydrogens (tertiary/aromatic N) is 2. The Balaban J connectivity index is 1.22. The number of hydrogen-bond donors (Lipinski definition) is 3. The Labute approximate surface area is 184 Å². The molecular weight excluding hydrogens is 408 g/mol. The summed E-state index contributed by atoms with van der Waals surface area (Å²) in [6, 6.07) is 11.2. The number of aliphatic hydroxyl groups is 1. The molecular formula is C24H24N4O4. The Morgan fingerprint density at radius 2 is 1.84 bits per heavy atom. The molecule has 0 aliphatic carbocycles. The van der Waals surface area contributed by atoms with Crippen LogP contribution in [0.1, 0.15) is 29.2 Å². The van der Waals surface area contributed by atoms with Gasteiger partial charge in [0.1, 0.15) is 0 Å². The first-order valence-corrected chi connectivity index (χ1v) is 10.7. The smallest absolute Gasteiger partial charge is 0.313 e. The molecule has 2 aliphatic heterocycles. The Kier molecular flexibility index (Phi) is 4.94. The summed E-state index contributed by atoms with van der Waals surface area (Å²) in [6.45, 7) is 0.586. The number of carbonyl (C=O) groups excluding carboxylic acids is 3. The first kappa shape index (κ1) is 20.3. The maximum atomic E-state index is 12.4. The molecule has 3 N–H and O–H groups in total. The van der Waals surface area contributed by atoms with Crippen molar-refractivity contribution in [2.75, 3.05) is 23.3 Å². The number of benzene rings is 2. The quantitative estimate of drug-likeness (QED) is 0.547. The van der Waals surface area contributed by atoms with Crippen molar-refractivity contribution < 1.29 is 19.5 Å². The average molecular weight is 432 g/mol. The Hall–Kier alpha value is -3.65. The van der Waals surface area contributed by atoms with Crippen molar-refractivity contribution >= 4 is 40.0 Å². The highest BCUT2D eigenvalue weighted by molar-refractivity contribution is 6.39. The lowest BCUT2D eigenvalue weighted by Crippen LogP contribution is -2.37. The van der Waals surface area contributed by atoms with Gasteiger partial charge in [-0.15, -0.1) is 0 Å². The SMILES string of the molecule is Cn1ccc2cc([C@@H](O)CNC(=O)C(=O)Nc3cc4c5c(c3)CCN5C(=O)CC4)ccc21. The van der Waals surface area contributed by atoms with Crippen LogP contribution in [0.25, 0.3) is 10.9 Å². The van der Waals surface area contributed by atoms with E-state index in [0.29, 0.717) is 30.6 Å². The Bertz CT molecular complexity index is 1260. The lowest BCUT2D eigenvalue weighted by Gasteiger charge is -2.25. The third-order valence-electron chi connectivity index (χ3n) is 6.27. The van der Waals surface area contributed by atoms with Gasteiger partial charge in [0.15, 0.2) is 0 Å². The topological polar surface area (TPSA) is 104 Å². The summed E-state index contributed by atoms with van der Waals surface area (Å²) >= 11 is 0. The third-order valence-corrected chi connectivity index (χ3v) is 6.27. The summed E-state index contributed by atoms with van der Waals surface area (Å²) < 4.78 is 1.99. The maximum Gasteiger partial charge on any atom is 0.313 e. The van der Waals surface area contributed by atoms with E-state index in [9.17, 15) is 19.5 Å². The molecule has 8 heteroatoms. The normalized spacial score (nSPS) is 15.6. The summed E-state index contributed by atoms with van der Waals surface area (Å²) in [5.74, 6) is -1.46. The summed E-state index contributed by atoms with van der Waals surface area (Å²) in [6.07, 6.45) is 2.84. The summed E-state index contributed by atoms with van der Waals surface area (Å²) in [4.78, 5) is 38.6. The summed E-state index contributed by atoms with van der Waals surface area (Å²) in [7, 11) is 1.95. The van der Waals surface area contributed by atoms with Gasteiger partial charge in [-0.05, 0) is 65.3 Å². The number of aliphatic hydroxyl groups excluding tert-OH is 1. The van der Waals surface area contributed by atoms with Gasteiger partial charge in [0.25, 0.3) is 0 Å². The van der Waals surface area contributed by atoms with Crippen LogP contribution in [0.3, 0.4) is 0 Å². The van der Waals surface area contributed by atoms with Crippen LogP contribution in [0.2, 0.25) is 0 Å². The highest BCUT2D eigenvalue weighted by Gasteiger charge is 2.31. The fraction of sp³-hybridized carbons (Fsp3) is 0.292. The second kappa shape index (κ2) is 7.80. The van der Waals surface area contributed by atoms with E-state index in [1.54, 1.807) is 4.90 Å². The number of hydrogen-bond acceptors (Lipinski definition) is 4. The van der Waals surface area contributed by atoms with Crippen LogP contribution >= 0.6 is 0 Å². The van der Waals surface area contributed by atoms with Gasteiger partial charge in [-0.3, -0.25) is 14.4 Å². The van der Waals surface area contributed by atoms with Crippen LogP contribution in [0.5, 0.6) is 0 Å². The fourth-order valence-electron chi connectivity index (χ4n) is 4.61. The van der Waals surface area contributed by atoms with Gasteiger partial charge in [-0.2, -0.15) is 0 Å². The standard InChI is InChI=1S/C24H24N4O4/c1-27-8-6-14-10-15(2-4-19(14)27)20(29)13-25-23(31)24(32)26-18-11-16-3-5-21(30)28-9-7-17(12-18)22(16)28/h2,4,6,8,10-12,20,29H,3,5,7,9,13H2,1H3,(H,25,31)(H,26,32)/t20-/m0/s1. The van der Waals surface area contributed by atoms with E-state index in [1.165, 1.54) is 0 Å². The van der Waals surface area contributed by atoms with Crippen LogP contribution in [0.15, 0.2) is 42.6 Å². The zero-order valence-corrected chi connectivity index (χ0v) is 17.7. The minimum Gasteiger partial charge on any atom is -0.387 e. The van der Waals surface area contributed by atoms with Crippen LogP contribution < -0.4 is 15.5 Å². The van der Waals surface area contributed by atoms with Crippen LogP contribution in [0, 0.1) is 0 Å². The van der Waals surface area contributed by atoms with Crippen LogP contribution in [-0.2, 0) is 34.3 Å². The number of nitrogens with one attached hydrogen (secondary N) is 2. The summed E-state index contributed by atoms with van der Waals surface area (Å²) in [5, 5.41) is 16.6. The van der Waals surface area contributed by atoms with Crippen molar-refractivity contribution in [1.82, 2.24) is 9.88 Å². The minimum atomic E-state index is -0.927. The zero-order chi connectivity index (χ0) is 22.4. The molecule has 2 aliphatic rings. The van der Waals surface area contributed by atoms with Gasteiger partial charge in [0, 0.05) is 44.0 Å². The van der Waals surface area contributed by atoms with E-state index >= 15 is 0 Å². The van der Waals surface area contributed by atoms with Crippen molar-refractivity contribution in [2.24, 2.45) is 7.05 Å². The molecule has 0 saturated carbocycles. The van der Waals surface area contributed by atoms with E-state index in [-0.39, 0.29) is 12.5 Å². The lowest BCUT2D eigenvalue weighted by atomic mass is 9.98. The van der Waals surface area contributed by atoms with Crippen molar-refractivity contribution in [3.63, 3.8) is 0 Å². The Morgan fingerprint density at radius 1 is 1.06 bits per heavy atom. The van der Waals surface area contributed by atoms with Crippen molar-refractivity contribution in [3.05, 3.63) is 59.3 Å². The van der Waals surface area contributed by atoms with E-state index in [2.05, 4.69) is 10.6 Å². The van der Waals surface area contributed by atoms with E-state index in [4.69, 9.17) is 0 Å². The largest absolute Gasteiger partial charge is 0.387 e. The number of amides is 3. The third kappa shape index (κ3) is 3.52. The molecule has 8 nitrogen and oxygen atoms in total. The predicted molar refractivity (Wildman–Crippen MR) is 120 cm³/mol. The van der Waals surface area contributed by atoms with Crippen molar-refractivity contribution in [2.45, 2.75) is 25.4 Å². The second-order valence-electron chi connectivity index (χ2n) is 8.36. The molecule has 3 amide bonds. The fourth-order valence-corrected chi connectivity index (χ4v) is 4.61. The monoisotopic (exact) mass is 432 g/mol. The van der Waals surface area contributed by atoms with Gasteiger partial charge >= 0.3 is 11.8 Å². The van der Waals surface area contributed by atoms with E-state index < -0.39 is 17.9 Å². The molecule has 0 spiro atoms. The highest BCUT2D eigenvalue weighted by Crippen LogP contribution is 2.38. The number of carbonyl (C=O) groups is 3. The first-order chi connectivity index (χ1) is 15.4. The zero-order valence-electron chi connectivity index (χ0n) is 17.7. The summed E-state index contributed by atoms with van der Waals surface area (Å²) in [5.41, 5.74) is 5.25. The van der Waals surface area contributed by atoms with Crippen LogP contribution in [-0.4, -0.2) is 40.5 Å². The van der Waals surface area contributed by atoms with Gasteiger partial charge in [0.2, 0.25) is 5.91 Å². The van der Waals surface area contributed by atoms with Crippen molar-refractivity contribution in [3.8, 4) is 0 Å². The molecule has 5 rings (SSSR count). The highest BCUT2D eigenvalue weighted by atomic mass is 16.3. The number of aryl methyl sites for hydroxylation is 2. The Morgan fingerprint density at radius 3 is 2.66 bits per heavy atom. The van der Waals surface area contributed by atoms with Gasteiger partial charge in [0.05, 0.1) is 11.8 Å². The van der Waals surface area contributed by atoms with Gasteiger partial charge < -0.3 is 25.2 Å². The molecule has 0 bridgehead atoms. The number of fused-ring (bicyclic) bond motifs is 1. The van der Waals surface area contributed by atoms with Crippen LogP contribution in [0.4, 0.5) is 11.4 Å². The maximum absolute atomic E-state index is 12.4. The second-order valence-corrected chi connectivity index (χ2v) is 8.36. The number of aromatic nitrogens is 1. The van der Waals surface area contributed by atoms with Crippen molar-refractivity contribution in [1.29, 1.82) is 0 Å².